The van der Waals surface area contributed by atoms with Gasteiger partial charge in [-0.1, -0.05) is 29.8 Å². The van der Waals surface area contributed by atoms with Crippen LogP contribution in [-0.4, -0.2) is 15.9 Å². The maximum atomic E-state index is 13.6. The van der Waals surface area contributed by atoms with E-state index in [0.717, 1.165) is 0 Å². The topological polar surface area (TPSA) is 64.1 Å². The molecule has 1 N–H and O–H groups in total. The third kappa shape index (κ3) is 3.46. The number of thiophene rings is 1. The number of carbonyl (C=O) groups excluding carboxylic acids is 1. The highest BCUT2D eigenvalue weighted by molar-refractivity contribution is 7.12. The molecule has 0 radical (unpaired) electrons. The van der Waals surface area contributed by atoms with Crippen molar-refractivity contribution in [1.29, 1.82) is 0 Å². The van der Waals surface area contributed by atoms with Crippen LogP contribution in [0.3, 0.4) is 0 Å². The molecule has 0 aliphatic heterocycles. The van der Waals surface area contributed by atoms with Crippen LogP contribution in [0.15, 0.2) is 48.1 Å². The van der Waals surface area contributed by atoms with Crippen molar-refractivity contribution in [1.82, 2.24) is 9.97 Å². The van der Waals surface area contributed by atoms with Crippen LogP contribution in [0.25, 0.3) is 0 Å². The Morgan fingerprint density at radius 2 is 2.04 bits per heavy atom. The molecule has 0 aliphatic rings. The first-order chi connectivity index (χ1) is 11.1. The van der Waals surface area contributed by atoms with Gasteiger partial charge in [-0.3, -0.25) is 4.79 Å². The maximum absolute atomic E-state index is 13.6. The molecular formula is C15H9ClFN3O2S. The van der Waals surface area contributed by atoms with Crippen molar-refractivity contribution in [3.05, 3.63) is 63.8 Å². The van der Waals surface area contributed by atoms with Gasteiger partial charge in [0.25, 0.3) is 5.91 Å². The molecule has 8 heteroatoms. The zero-order valence-corrected chi connectivity index (χ0v) is 13.1. The van der Waals surface area contributed by atoms with Gasteiger partial charge in [-0.2, -0.15) is 4.98 Å². The number of rotatable bonds is 4. The van der Waals surface area contributed by atoms with Crippen molar-refractivity contribution in [3.63, 3.8) is 0 Å². The lowest BCUT2D eigenvalue weighted by Crippen LogP contribution is -2.12. The summed E-state index contributed by atoms with van der Waals surface area (Å²) in [6.45, 7) is 0. The number of carbonyl (C=O) groups is 1. The van der Waals surface area contributed by atoms with Gasteiger partial charge in [0.05, 0.1) is 4.88 Å². The molecule has 0 saturated carbocycles. The van der Waals surface area contributed by atoms with Crippen molar-refractivity contribution in [2.45, 2.75) is 0 Å². The molecule has 3 rings (SSSR count). The zero-order chi connectivity index (χ0) is 16.2. The van der Waals surface area contributed by atoms with Crippen LogP contribution in [0, 0.1) is 5.82 Å². The number of hydrogen-bond donors (Lipinski definition) is 1. The van der Waals surface area contributed by atoms with Crippen LogP contribution < -0.4 is 10.1 Å². The Balaban J connectivity index is 1.84. The number of para-hydroxylation sites is 1. The highest BCUT2D eigenvalue weighted by atomic mass is 35.5. The summed E-state index contributed by atoms with van der Waals surface area (Å²) in [5, 5.41) is 4.34. The summed E-state index contributed by atoms with van der Waals surface area (Å²) in [7, 11) is 0. The van der Waals surface area contributed by atoms with Crippen molar-refractivity contribution in [2.75, 3.05) is 5.32 Å². The van der Waals surface area contributed by atoms with Crippen LogP contribution in [0.5, 0.6) is 11.6 Å². The fourth-order valence-corrected chi connectivity index (χ4v) is 2.52. The molecule has 0 atom stereocenters. The van der Waals surface area contributed by atoms with E-state index < -0.39 is 5.82 Å². The number of nitrogens with zero attached hydrogens (tertiary/aromatic N) is 2. The summed E-state index contributed by atoms with van der Waals surface area (Å²) in [5.74, 6) is -0.882. The molecule has 5 nitrogen and oxygen atoms in total. The second-order valence-corrected chi connectivity index (χ2v) is 5.63. The normalized spacial score (nSPS) is 10.3. The van der Waals surface area contributed by atoms with E-state index in [1.165, 1.54) is 35.9 Å². The van der Waals surface area contributed by atoms with Crippen molar-refractivity contribution in [2.24, 2.45) is 0 Å². The van der Waals surface area contributed by atoms with Gasteiger partial charge >= 0.3 is 0 Å². The average Bonchev–Trinajstić information content (AvgIpc) is 3.08. The number of amides is 1. The third-order valence-electron chi connectivity index (χ3n) is 2.78. The molecule has 3 aromatic rings. The van der Waals surface area contributed by atoms with Crippen LogP contribution in [-0.2, 0) is 0 Å². The Kier molecular flexibility index (Phi) is 4.50. The monoisotopic (exact) mass is 349 g/mol. The first-order valence-electron chi connectivity index (χ1n) is 6.43. The van der Waals surface area contributed by atoms with E-state index in [9.17, 15) is 9.18 Å². The van der Waals surface area contributed by atoms with E-state index in [1.54, 1.807) is 23.6 Å². The van der Waals surface area contributed by atoms with Crippen LogP contribution in [0.1, 0.15) is 9.67 Å². The molecule has 0 aliphatic carbocycles. The highest BCUT2D eigenvalue weighted by Gasteiger charge is 2.16. The van der Waals surface area contributed by atoms with E-state index in [1.807, 2.05) is 0 Å². The smallest absolute Gasteiger partial charge is 0.266 e. The van der Waals surface area contributed by atoms with Crippen LogP contribution in [0.2, 0.25) is 5.02 Å². The van der Waals surface area contributed by atoms with Crippen LogP contribution >= 0.6 is 22.9 Å². The lowest BCUT2D eigenvalue weighted by atomic mass is 10.3. The van der Waals surface area contributed by atoms with E-state index in [0.29, 0.717) is 4.88 Å². The van der Waals surface area contributed by atoms with Gasteiger partial charge in [-0.25, -0.2) is 9.37 Å². The van der Waals surface area contributed by atoms with Crippen molar-refractivity contribution in [3.8, 4) is 11.6 Å². The predicted molar refractivity (Wildman–Crippen MR) is 85.8 cm³/mol. The number of ether oxygens (including phenoxy) is 1. The Hall–Kier alpha value is -2.51. The summed E-state index contributed by atoms with van der Waals surface area (Å²) < 4.78 is 19.0. The minimum absolute atomic E-state index is 0.0133. The molecule has 0 fully saturated rings. The Labute approximate surface area is 139 Å². The van der Waals surface area contributed by atoms with Crippen molar-refractivity contribution >= 4 is 34.7 Å². The zero-order valence-electron chi connectivity index (χ0n) is 11.5. The summed E-state index contributed by atoms with van der Waals surface area (Å²) in [5.41, 5.74) is 0. The van der Waals surface area contributed by atoms with Gasteiger partial charge in [0.1, 0.15) is 11.3 Å². The molecule has 2 heterocycles. The standard InChI is InChI=1S/C15H9ClFN3O2S/c16-12-13(20-14(21)11-6-3-7-23-11)18-8-19-15(12)22-10-5-2-1-4-9(10)17/h1-8H,(H,18,19,20,21). The Bertz CT molecular complexity index is 842. The minimum Gasteiger partial charge on any atom is -0.434 e. The average molecular weight is 350 g/mol. The molecule has 0 spiro atoms. The number of benzene rings is 1. The summed E-state index contributed by atoms with van der Waals surface area (Å²) in [6.07, 6.45) is 1.17. The first-order valence-corrected chi connectivity index (χ1v) is 7.68. The molecule has 0 unspecified atom stereocenters. The predicted octanol–water partition coefficient (Wildman–Crippen LogP) is 4.38. The Morgan fingerprint density at radius 1 is 1.22 bits per heavy atom. The van der Waals surface area contributed by atoms with E-state index in [4.69, 9.17) is 16.3 Å². The summed E-state index contributed by atoms with van der Waals surface area (Å²) >= 11 is 7.42. The quantitative estimate of drug-likeness (QED) is 0.759. The summed E-state index contributed by atoms with van der Waals surface area (Å²) in [4.78, 5) is 20.3. The van der Waals surface area contributed by atoms with Gasteiger partial charge in [-0.05, 0) is 23.6 Å². The summed E-state index contributed by atoms with van der Waals surface area (Å²) in [6, 6.07) is 9.28. The van der Waals surface area contributed by atoms with Gasteiger partial charge in [0, 0.05) is 0 Å². The van der Waals surface area contributed by atoms with Gasteiger partial charge in [-0.15, -0.1) is 11.3 Å². The fourth-order valence-electron chi connectivity index (χ4n) is 1.72. The van der Waals surface area contributed by atoms with Crippen molar-refractivity contribution < 1.29 is 13.9 Å². The molecule has 0 saturated heterocycles. The number of halogens is 2. The number of anilines is 1. The second kappa shape index (κ2) is 6.72. The SMILES string of the molecule is O=C(Nc1ncnc(Oc2ccccc2F)c1Cl)c1cccs1. The highest BCUT2D eigenvalue weighted by Crippen LogP contribution is 2.32. The lowest BCUT2D eigenvalue weighted by Gasteiger charge is -2.10. The third-order valence-corrected chi connectivity index (χ3v) is 3.99. The molecule has 2 aromatic heterocycles. The maximum Gasteiger partial charge on any atom is 0.266 e. The van der Waals surface area contributed by atoms with E-state index in [2.05, 4.69) is 15.3 Å². The molecule has 1 amide bonds. The Morgan fingerprint density at radius 3 is 2.78 bits per heavy atom. The molecular weight excluding hydrogens is 341 g/mol. The minimum atomic E-state index is -0.550. The lowest BCUT2D eigenvalue weighted by molar-refractivity contribution is 0.103. The number of aromatic nitrogens is 2. The molecule has 23 heavy (non-hydrogen) atoms. The van der Waals surface area contributed by atoms with Gasteiger partial charge in [0.15, 0.2) is 17.4 Å². The second-order valence-electron chi connectivity index (χ2n) is 4.31. The van der Waals surface area contributed by atoms with E-state index >= 15 is 0 Å². The first kappa shape index (κ1) is 15.4. The van der Waals surface area contributed by atoms with Gasteiger partial charge in [0.2, 0.25) is 5.88 Å². The van der Waals surface area contributed by atoms with Gasteiger partial charge < -0.3 is 10.1 Å². The number of nitrogens with one attached hydrogen (secondary N) is 1. The van der Waals surface area contributed by atoms with Crippen LogP contribution in [0.4, 0.5) is 10.2 Å². The number of hydrogen-bond acceptors (Lipinski definition) is 5. The largest absolute Gasteiger partial charge is 0.434 e. The molecule has 116 valence electrons. The fraction of sp³-hybridized carbons (Fsp3) is 0. The molecule has 0 bridgehead atoms. The molecule has 1 aromatic carbocycles. The van der Waals surface area contributed by atoms with E-state index in [-0.39, 0.29) is 28.4 Å².